The molecular weight excluding hydrogens is 458 g/mol. The molecule has 2 aromatic rings. The van der Waals surface area contributed by atoms with Crippen molar-refractivity contribution in [3.05, 3.63) is 66.0 Å². The topological polar surface area (TPSA) is 59.8 Å². The van der Waals surface area contributed by atoms with Crippen LogP contribution in [-0.2, 0) is 0 Å². The van der Waals surface area contributed by atoms with E-state index in [0.29, 0.717) is 23.8 Å². The number of benzene rings is 1. The first-order valence-corrected chi connectivity index (χ1v) is 15.0. The number of rotatable bonds is 6. The predicted molar refractivity (Wildman–Crippen MR) is 154 cm³/mol. The van der Waals surface area contributed by atoms with Crippen LogP contribution in [0.1, 0.15) is 95.6 Å². The predicted octanol–water partition coefficient (Wildman–Crippen LogP) is 6.04. The lowest BCUT2D eigenvalue weighted by Crippen LogP contribution is -2.50. The first-order valence-electron chi connectivity index (χ1n) is 15.0. The Balaban J connectivity index is 0.000000907. The van der Waals surface area contributed by atoms with E-state index < -0.39 is 6.29 Å². The number of piperidine rings is 1. The highest BCUT2D eigenvalue weighted by Crippen LogP contribution is 2.39. The van der Waals surface area contributed by atoms with E-state index >= 15 is 0 Å². The van der Waals surface area contributed by atoms with Gasteiger partial charge >= 0.3 is 0 Å². The van der Waals surface area contributed by atoms with Gasteiger partial charge in [-0.05, 0) is 67.8 Å². The summed E-state index contributed by atoms with van der Waals surface area (Å²) in [5.74, 6) is 1.40. The van der Waals surface area contributed by atoms with Crippen LogP contribution in [0.25, 0.3) is 0 Å². The Bertz CT molecular complexity index is 849. The van der Waals surface area contributed by atoms with E-state index in [1.165, 1.54) is 43.2 Å². The van der Waals surface area contributed by atoms with Gasteiger partial charge in [-0.3, -0.25) is 14.8 Å². The third kappa shape index (κ3) is 7.63. The highest BCUT2D eigenvalue weighted by atomic mass is 16.5. The van der Waals surface area contributed by atoms with E-state index in [1.807, 2.05) is 46.2 Å². The Morgan fingerprint density at radius 1 is 0.784 bits per heavy atom. The van der Waals surface area contributed by atoms with E-state index in [9.17, 15) is 10.2 Å². The van der Waals surface area contributed by atoms with Crippen molar-refractivity contribution in [2.45, 2.75) is 103 Å². The van der Waals surface area contributed by atoms with Gasteiger partial charge in [0.05, 0.1) is 6.04 Å². The van der Waals surface area contributed by atoms with Gasteiger partial charge in [0.2, 0.25) is 0 Å². The standard InChI is InChI=1S/C28H39N3O2.2C2H6/c32-28(33)27(23-10-5-2-6-11-23)31-19-25(22-8-3-1-4-9-22)26(20-31)30-16-13-21(14-17-30)24-12-7-15-29-18-24;2*1-2/h1,3-4,7-9,12,15,18,21,23,25-28,32-33H,2,5-6,10-11,13-14,16-17,19-20H2;2*1-2H3. The van der Waals surface area contributed by atoms with Gasteiger partial charge in [-0.1, -0.05) is 83.4 Å². The summed E-state index contributed by atoms with van der Waals surface area (Å²) >= 11 is 0. The average molecular weight is 510 g/mol. The molecule has 1 aliphatic carbocycles. The summed E-state index contributed by atoms with van der Waals surface area (Å²) in [6.45, 7) is 12.0. The molecule has 2 aliphatic heterocycles. The van der Waals surface area contributed by atoms with Gasteiger partial charge < -0.3 is 10.2 Å². The molecule has 37 heavy (non-hydrogen) atoms. The number of aliphatic hydroxyl groups excluding tert-OH is 1. The minimum Gasteiger partial charge on any atom is -0.367 e. The van der Waals surface area contributed by atoms with Crippen molar-refractivity contribution in [1.82, 2.24) is 14.8 Å². The maximum Gasteiger partial charge on any atom is 0.167 e. The highest BCUT2D eigenvalue weighted by molar-refractivity contribution is 5.25. The third-order valence-electron chi connectivity index (χ3n) is 8.56. The molecule has 3 aliphatic rings. The Labute approximate surface area is 225 Å². The molecule has 5 rings (SSSR count). The zero-order valence-corrected chi connectivity index (χ0v) is 23.7. The molecule has 3 unspecified atom stereocenters. The van der Waals surface area contributed by atoms with Gasteiger partial charge in [0.25, 0.3) is 0 Å². The third-order valence-corrected chi connectivity index (χ3v) is 8.56. The van der Waals surface area contributed by atoms with Gasteiger partial charge in [-0.15, -0.1) is 0 Å². The molecule has 0 amide bonds. The van der Waals surface area contributed by atoms with Crippen molar-refractivity contribution in [3.63, 3.8) is 0 Å². The summed E-state index contributed by atoms with van der Waals surface area (Å²) in [7, 11) is 0. The largest absolute Gasteiger partial charge is 0.367 e. The van der Waals surface area contributed by atoms with Crippen LogP contribution >= 0.6 is 0 Å². The van der Waals surface area contributed by atoms with Crippen molar-refractivity contribution in [2.24, 2.45) is 5.92 Å². The molecule has 2 saturated heterocycles. The molecule has 2 N–H and O–H groups in total. The van der Waals surface area contributed by atoms with Crippen LogP contribution in [0.15, 0.2) is 54.9 Å². The number of likely N-dealkylation sites (tertiary alicyclic amines) is 2. The molecular formula is C32H51N3O2. The van der Waals surface area contributed by atoms with E-state index in [-0.39, 0.29) is 6.04 Å². The van der Waals surface area contributed by atoms with Crippen molar-refractivity contribution >= 4 is 0 Å². The fourth-order valence-electron chi connectivity index (χ4n) is 6.85. The molecule has 0 radical (unpaired) electrons. The molecule has 3 atom stereocenters. The number of hydrogen-bond acceptors (Lipinski definition) is 5. The number of hydrogen-bond donors (Lipinski definition) is 2. The minimum atomic E-state index is -1.26. The molecule has 0 spiro atoms. The number of aromatic nitrogens is 1. The second kappa shape index (κ2) is 15.6. The van der Waals surface area contributed by atoms with Gasteiger partial charge in [0, 0.05) is 37.4 Å². The van der Waals surface area contributed by atoms with Crippen LogP contribution in [0, 0.1) is 5.92 Å². The van der Waals surface area contributed by atoms with Crippen LogP contribution in [0.2, 0.25) is 0 Å². The van der Waals surface area contributed by atoms with Crippen molar-refractivity contribution in [2.75, 3.05) is 26.2 Å². The van der Waals surface area contributed by atoms with Crippen molar-refractivity contribution in [3.8, 4) is 0 Å². The summed E-state index contributed by atoms with van der Waals surface area (Å²) in [5.41, 5.74) is 2.75. The molecule has 1 saturated carbocycles. The van der Waals surface area contributed by atoms with Crippen LogP contribution < -0.4 is 0 Å². The molecule has 1 aromatic heterocycles. The molecule has 3 heterocycles. The molecule has 3 fully saturated rings. The fourth-order valence-corrected chi connectivity index (χ4v) is 6.85. The van der Waals surface area contributed by atoms with Gasteiger partial charge in [-0.25, -0.2) is 0 Å². The van der Waals surface area contributed by atoms with Gasteiger partial charge in [-0.2, -0.15) is 0 Å². The number of pyridine rings is 1. The van der Waals surface area contributed by atoms with E-state index in [2.05, 4.69) is 51.2 Å². The van der Waals surface area contributed by atoms with Crippen molar-refractivity contribution in [1.29, 1.82) is 0 Å². The number of aliphatic hydroxyl groups is 2. The molecule has 206 valence electrons. The van der Waals surface area contributed by atoms with Crippen LogP contribution in [-0.4, -0.2) is 69.5 Å². The lowest BCUT2D eigenvalue weighted by Gasteiger charge is -2.39. The molecule has 5 nitrogen and oxygen atoms in total. The molecule has 5 heteroatoms. The SMILES string of the molecule is CC.CC.OC(O)C(C1CCCCC1)N1CC(c2ccccc2)C(N2CCC(c3cccnc3)CC2)C1. The van der Waals surface area contributed by atoms with E-state index in [1.54, 1.807) is 0 Å². The van der Waals surface area contributed by atoms with Gasteiger partial charge in [0.1, 0.15) is 0 Å². The van der Waals surface area contributed by atoms with E-state index in [0.717, 1.165) is 39.0 Å². The Morgan fingerprint density at radius 3 is 2.03 bits per heavy atom. The first kappa shape index (κ1) is 29.8. The highest BCUT2D eigenvalue weighted by Gasteiger charge is 2.44. The molecule has 0 bridgehead atoms. The smallest absolute Gasteiger partial charge is 0.167 e. The van der Waals surface area contributed by atoms with Crippen LogP contribution in [0.4, 0.5) is 0 Å². The lowest BCUT2D eigenvalue weighted by molar-refractivity contribution is -0.118. The zero-order valence-electron chi connectivity index (χ0n) is 23.7. The number of nitrogens with zero attached hydrogens (tertiary/aromatic N) is 3. The fraction of sp³-hybridized carbons (Fsp3) is 0.656. The van der Waals surface area contributed by atoms with Gasteiger partial charge in [0.15, 0.2) is 6.29 Å². The second-order valence-electron chi connectivity index (χ2n) is 10.4. The Hall–Kier alpha value is -1.79. The summed E-state index contributed by atoms with van der Waals surface area (Å²) < 4.78 is 0. The van der Waals surface area contributed by atoms with Crippen LogP contribution in [0.5, 0.6) is 0 Å². The summed E-state index contributed by atoms with van der Waals surface area (Å²) in [6.07, 6.45) is 10.9. The Morgan fingerprint density at radius 2 is 1.43 bits per heavy atom. The Kier molecular flexibility index (Phi) is 12.5. The maximum atomic E-state index is 10.4. The molecule has 1 aromatic carbocycles. The summed E-state index contributed by atoms with van der Waals surface area (Å²) in [5, 5.41) is 20.9. The zero-order chi connectivity index (χ0) is 26.6. The normalized spacial score (nSPS) is 24.6. The second-order valence-corrected chi connectivity index (χ2v) is 10.4. The van der Waals surface area contributed by atoms with Crippen molar-refractivity contribution < 1.29 is 10.2 Å². The quantitative estimate of drug-likeness (QED) is 0.465. The lowest BCUT2D eigenvalue weighted by atomic mass is 9.83. The average Bonchev–Trinajstić information content (AvgIpc) is 3.41. The first-order chi connectivity index (χ1) is 18.2. The van der Waals surface area contributed by atoms with E-state index in [4.69, 9.17) is 0 Å². The monoisotopic (exact) mass is 509 g/mol. The summed E-state index contributed by atoms with van der Waals surface area (Å²) in [6, 6.07) is 15.4. The summed E-state index contributed by atoms with van der Waals surface area (Å²) in [4.78, 5) is 9.44. The van der Waals surface area contributed by atoms with Crippen LogP contribution in [0.3, 0.4) is 0 Å². The minimum absolute atomic E-state index is 0.144. The maximum absolute atomic E-state index is 10.4.